The first-order valence-corrected chi connectivity index (χ1v) is 10.2. The molecule has 7 nitrogen and oxygen atoms in total. The summed E-state index contributed by atoms with van der Waals surface area (Å²) < 4.78 is 1.45. The second-order valence-corrected chi connectivity index (χ2v) is 7.84. The average molecular weight is 416 g/mol. The van der Waals surface area contributed by atoms with Gasteiger partial charge >= 0.3 is 0 Å². The highest BCUT2D eigenvalue weighted by Crippen LogP contribution is 2.23. The Bertz CT molecular complexity index is 1280. The van der Waals surface area contributed by atoms with Crippen molar-refractivity contribution in [2.45, 2.75) is 39.3 Å². The van der Waals surface area contributed by atoms with E-state index < -0.39 is 6.04 Å². The van der Waals surface area contributed by atoms with Crippen molar-refractivity contribution in [1.29, 1.82) is 0 Å². The van der Waals surface area contributed by atoms with Gasteiger partial charge in [0.1, 0.15) is 11.9 Å². The fourth-order valence-electron chi connectivity index (χ4n) is 4.01. The van der Waals surface area contributed by atoms with Crippen molar-refractivity contribution in [3.05, 3.63) is 87.6 Å². The maximum absolute atomic E-state index is 13.5. The van der Waals surface area contributed by atoms with E-state index in [0.29, 0.717) is 46.4 Å². The van der Waals surface area contributed by atoms with E-state index in [1.807, 2.05) is 31.2 Å². The lowest BCUT2D eigenvalue weighted by Gasteiger charge is -2.26. The fourth-order valence-corrected chi connectivity index (χ4v) is 4.01. The Morgan fingerprint density at radius 3 is 2.74 bits per heavy atom. The van der Waals surface area contributed by atoms with Crippen LogP contribution >= 0.6 is 0 Å². The number of hydrogen-bond donors (Lipinski definition) is 2. The summed E-state index contributed by atoms with van der Waals surface area (Å²) in [6.45, 7) is 7.63. The normalized spacial score (nSPS) is 16.3. The molecule has 0 aliphatic carbocycles. The quantitative estimate of drug-likeness (QED) is 0.684. The Morgan fingerprint density at radius 1 is 1.23 bits per heavy atom. The highest BCUT2D eigenvalue weighted by Gasteiger charge is 2.28. The van der Waals surface area contributed by atoms with Gasteiger partial charge in [0, 0.05) is 17.8 Å². The lowest BCUT2D eigenvalue weighted by molar-refractivity contribution is -0.124. The van der Waals surface area contributed by atoms with Gasteiger partial charge in [-0.1, -0.05) is 36.4 Å². The molecular formula is C24H24N4O3. The van der Waals surface area contributed by atoms with Crippen LogP contribution in [0.15, 0.2) is 59.5 Å². The molecule has 2 aromatic carbocycles. The smallest absolute Gasteiger partial charge is 0.262 e. The number of amides is 2. The lowest BCUT2D eigenvalue weighted by Crippen LogP contribution is -2.41. The van der Waals surface area contributed by atoms with Crippen LogP contribution in [-0.2, 0) is 11.3 Å². The van der Waals surface area contributed by atoms with E-state index in [9.17, 15) is 14.4 Å². The molecule has 3 aromatic rings. The molecule has 0 radical (unpaired) electrons. The van der Waals surface area contributed by atoms with E-state index in [0.717, 1.165) is 5.56 Å². The van der Waals surface area contributed by atoms with E-state index in [-0.39, 0.29) is 23.9 Å². The SMILES string of the molecule is C=C1CCC(n2c(C)nc3cccc(CNC(=O)c4cccc(C)c4)c3c2=O)C(=O)N1. The summed E-state index contributed by atoms with van der Waals surface area (Å²) in [6.07, 6.45) is 1.10. The molecule has 2 N–H and O–H groups in total. The molecule has 0 saturated carbocycles. The number of hydrogen-bond acceptors (Lipinski definition) is 4. The Kier molecular flexibility index (Phi) is 5.42. The third-order valence-electron chi connectivity index (χ3n) is 5.55. The van der Waals surface area contributed by atoms with Gasteiger partial charge in [0.15, 0.2) is 0 Å². The monoisotopic (exact) mass is 416 g/mol. The number of carbonyl (C=O) groups excluding carboxylic acids is 2. The largest absolute Gasteiger partial charge is 0.348 e. The molecule has 4 rings (SSSR count). The molecule has 1 aliphatic rings. The zero-order chi connectivity index (χ0) is 22.1. The van der Waals surface area contributed by atoms with E-state index >= 15 is 0 Å². The van der Waals surface area contributed by atoms with Gasteiger partial charge in [0.05, 0.1) is 10.9 Å². The molecule has 1 saturated heterocycles. The third-order valence-corrected chi connectivity index (χ3v) is 5.55. The van der Waals surface area contributed by atoms with Gasteiger partial charge in [0.2, 0.25) is 5.91 Å². The van der Waals surface area contributed by atoms with Crippen molar-refractivity contribution in [3.8, 4) is 0 Å². The number of aryl methyl sites for hydroxylation is 2. The standard InChI is InChI=1S/C24H24N4O3/c1-14-6-4-7-17(12-14)22(29)25-13-18-8-5-9-19-21(18)24(31)28(16(3)27-19)20-11-10-15(2)26-23(20)30/h4-9,12,20H,2,10-11,13H2,1,3H3,(H,25,29)(H,26,30). The van der Waals surface area contributed by atoms with Gasteiger partial charge in [-0.25, -0.2) is 4.98 Å². The van der Waals surface area contributed by atoms with Crippen LogP contribution in [0.25, 0.3) is 10.9 Å². The number of allylic oxidation sites excluding steroid dienone is 1. The van der Waals surface area contributed by atoms with Gasteiger partial charge in [-0.05, 0) is 50.5 Å². The van der Waals surface area contributed by atoms with Gasteiger partial charge in [-0.3, -0.25) is 19.0 Å². The Balaban J connectivity index is 1.70. The molecule has 0 bridgehead atoms. The van der Waals surface area contributed by atoms with Crippen LogP contribution in [0.1, 0.15) is 46.2 Å². The number of nitrogens with one attached hydrogen (secondary N) is 2. The zero-order valence-electron chi connectivity index (χ0n) is 17.6. The van der Waals surface area contributed by atoms with E-state index in [2.05, 4.69) is 22.2 Å². The predicted octanol–water partition coefficient (Wildman–Crippen LogP) is 2.91. The van der Waals surface area contributed by atoms with E-state index in [1.54, 1.807) is 25.1 Å². The Morgan fingerprint density at radius 2 is 2.00 bits per heavy atom. The van der Waals surface area contributed by atoms with Crippen molar-refractivity contribution in [2.75, 3.05) is 0 Å². The molecule has 31 heavy (non-hydrogen) atoms. The minimum Gasteiger partial charge on any atom is -0.348 e. The van der Waals surface area contributed by atoms with Gasteiger partial charge in [0.25, 0.3) is 11.5 Å². The number of rotatable bonds is 4. The molecule has 1 aliphatic heterocycles. The Labute approximate surface area is 179 Å². The lowest BCUT2D eigenvalue weighted by atomic mass is 10.0. The summed E-state index contributed by atoms with van der Waals surface area (Å²) in [4.78, 5) is 43.1. The maximum Gasteiger partial charge on any atom is 0.262 e. The number of benzene rings is 2. The van der Waals surface area contributed by atoms with Gasteiger partial charge in [-0.15, -0.1) is 0 Å². The summed E-state index contributed by atoms with van der Waals surface area (Å²) in [7, 11) is 0. The molecule has 2 heterocycles. The summed E-state index contributed by atoms with van der Waals surface area (Å²) in [5, 5.41) is 6.03. The first-order valence-electron chi connectivity index (χ1n) is 10.2. The number of piperidine rings is 1. The summed E-state index contributed by atoms with van der Waals surface area (Å²) in [5.74, 6) is 0.00482. The summed E-state index contributed by atoms with van der Waals surface area (Å²) in [5.41, 5.74) is 3.13. The second-order valence-electron chi connectivity index (χ2n) is 7.84. The van der Waals surface area contributed by atoms with E-state index in [1.165, 1.54) is 4.57 Å². The molecule has 1 atom stereocenters. The molecule has 1 unspecified atom stereocenters. The van der Waals surface area contributed by atoms with Crippen LogP contribution < -0.4 is 16.2 Å². The topological polar surface area (TPSA) is 93.1 Å². The zero-order valence-corrected chi connectivity index (χ0v) is 17.6. The average Bonchev–Trinajstić information content (AvgIpc) is 2.73. The van der Waals surface area contributed by atoms with Gasteiger partial charge < -0.3 is 10.6 Å². The van der Waals surface area contributed by atoms with Crippen molar-refractivity contribution >= 4 is 22.7 Å². The first-order chi connectivity index (χ1) is 14.8. The highest BCUT2D eigenvalue weighted by molar-refractivity contribution is 5.94. The molecule has 7 heteroatoms. The number of carbonyl (C=O) groups is 2. The Hall–Kier alpha value is -3.74. The van der Waals surface area contributed by atoms with Crippen molar-refractivity contribution in [2.24, 2.45) is 0 Å². The number of aromatic nitrogens is 2. The summed E-state index contributed by atoms with van der Waals surface area (Å²) in [6, 6.07) is 12.1. The second kappa shape index (κ2) is 8.18. The van der Waals surface area contributed by atoms with E-state index in [4.69, 9.17) is 0 Å². The van der Waals surface area contributed by atoms with Gasteiger partial charge in [-0.2, -0.15) is 0 Å². The number of fused-ring (bicyclic) bond motifs is 1. The molecule has 0 spiro atoms. The molecule has 158 valence electrons. The van der Waals surface area contributed by atoms with Crippen LogP contribution in [0, 0.1) is 13.8 Å². The predicted molar refractivity (Wildman–Crippen MR) is 119 cm³/mol. The molecule has 1 aromatic heterocycles. The van der Waals surface area contributed by atoms with Crippen molar-refractivity contribution < 1.29 is 9.59 Å². The van der Waals surface area contributed by atoms with Crippen LogP contribution in [0.2, 0.25) is 0 Å². The maximum atomic E-state index is 13.5. The minimum atomic E-state index is -0.634. The fraction of sp³-hybridized carbons (Fsp3) is 0.250. The van der Waals surface area contributed by atoms with Crippen LogP contribution in [0.5, 0.6) is 0 Å². The third kappa shape index (κ3) is 3.99. The minimum absolute atomic E-state index is 0.178. The highest BCUT2D eigenvalue weighted by atomic mass is 16.2. The van der Waals surface area contributed by atoms with Crippen LogP contribution in [-0.4, -0.2) is 21.4 Å². The molecular weight excluding hydrogens is 392 g/mol. The van der Waals surface area contributed by atoms with Crippen molar-refractivity contribution in [3.63, 3.8) is 0 Å². The van der Waals surface area contributed by atoms with Crippen LogP contribution in [0.3, 0.4) is 0 Å². The number of nitrogens with zero attached hydrogens (tertiary/aromatic N) is 2. The van der Waals surface area contributed by atoms with Crippen molar-refractivity contribution in [1.82, 2.24) is 20.2 Å². The first kappa shape index (κ1) is 20.5. The molecule has 1 fully saturated rings. The molecule has 2 amide bonds. The van der Waals surface area contributed by atoms with Crippen LogP contribution in [0.4, 0.5) is 0 Å². The summed E-state index contributed by atoms with van der Waals surface area (Å²) >= 11 is 0.